The summed E-state index contributed by atoms with van der Waals surface area (Å²) in [7, 11) is 0. The van der Waals surface area contributed by atoms with E-state index in [-0.39, 0.29) is 0 Å². The van der Waals surface area contributed by atoms with Gasteiger partial charge >= 0.3 is 0 Å². The molecule has 3 heteroatoms. The third-order valence-electron chi connectivity index (χ3n) is 14.3. The summed E-state index contributed by atoms with van der Waals surface area (Å²) in [6.07, 6.45) is 0. The molecule has 0 fully saturated rings. The Morgan fingerprint density at radius 2 is 0.360 bits per heavy atom. The largest absolute Gasteiger partial charge is 0.456 e. The van der Waals surface area contributed by atoms with Gasteiger partial charge in [0, 0.05) is 44.9 Å². The highest BCUT2D eigenvalue weighted by atomic mass is 16.3. The minimum atomic E-state index is 0.870. The lowest BCUT2D eigenvalue weighted by Gasteiger charge is -2.26. The molecule has 1 heterocycles. The molecular weight excluding hydrogens is 909 g/mol. The predicted molar refractivity (Wildman–Crippen MR) is 316 cm³/mol. The molecule has 1 aromatic heterocycles. The van der Waals surface area contributed by atoms with E-state index in [1.54, 1.807) is 0 Å². The van der Waals surface area contributed by atoms with Crippen LogP contribution in [0.2, 0.25) is 0 Å². The van der Waals surface area contributed by atoms with E-state index in [1.807, 2.05) is 0 Å². The maximum absolute atomic E-state index is 6.46. The molecule has 0 N–H and O–H groups in total. The van der Waals surface area contributed by atoms with E-state index in [4.69, 9.17) is 4.42 Å². The number of benzene rings is 12. The zero-order valence-corrected chi connectivity index (χ0v) is 41.2. The number of hydrogen-bond acceptors (Lipinski definition) is 3. The third kappa shape index (κ3) is 9.16. The van der Waals surface area contributed by atoms with E-state index < -0.39 is 0 Å². The van der Waals surface area contributed by atoms with Crippen LogP contribution in [0.25, 0.3) is 88.7 Å². The lowest BCUT2D eigenvalue weighted by molar-refractivity contribution is 0.669. The molecule has 13 aromatic rings. The molecular formula is C72H50N2O. The molecule has 0 aliphatic carbocycles. The van der Waals surface area contributed by atoms with E-state index in [0.717, 1.165) is 78.3 Å². The Balaban J connectivity index is 0.802. The van der Waals surface area contributed by atoms with Crippen LogP contribution < -0.4 is 9.80 Å². The zero-order chi connectivity index (χ0) is 49.9. The van der Waals surface area contributed by atoms with Crippen LogP contribution in [-0.4, -0.2) is 0 Å². The van der Waals surface area contributed by atoms with E-state index in [9.17, 15) is 0 Å². The Morgan fingerprint density at radius 3 is 0.587 bits per heavy atom. The molecule has 0 unspecified atom stereocenters. The van der Waals surface area contributed by atoms with Crippen molar-refractivity contribution in [3.63, 3.8) is 0 Å². The predicted octanol–water partition coefficient (Wildman–Crippen LogP) is 20.5. The molecule has 0 saturated carbocycles. The van der Waals surface area contributed by atoms with Crippen LogP contribution >= 0.6 is 0 Å². The van der Waals surface area contributed by atoms with E-state index in [0.29, 0.717) is 0 Å². The van der Waals surface area contributed by atoms with Crippen LogP contribution in [0.15, 0.2) is 308 Å². The van der Waals surface area contributed by atoms with Gasteiger partial charge in [-0.2, -0.15) is 0 Å². The van der Waals surface area contributed by atoms with Crippen molar-refractivity contribution in [3.05, 3.63) is 303 Å². The van der Waals surface area contributed by atoms with Crippen LogP contribution in [0.3, 0.4) is 0 Å². The lowest BCUT2D eigenvalue weighted by atomic mass is 9.99. The Hall–Kier alpha value is -9.96. The normalized spacial score (nSPS) is 11.2. The second kappa shape index (κ2) is 19.9. The summed E-state index contributed by atoms with van der Waals surface area (Å²) < 4.78 is 6.46. The molecule has 0 bridgehead atoms. The Bertz CT molecular complexity index is 3590. The number of hydrogen-bond donors (Lipinski definition) is 0. The van der Waals surface area contributed by atoms with Gasteiger partial charge < -0.3 is 14.2 Å². The molecule has 0 saturated heterocycles. The fraction of sp³-hybridized carbons (Fsp3) is 0. The molecule has 0 aliphatic heterocycles. The summed E-state index contributed by atoms with van der Waals surface area (Å²) in [5.41, 5.74) is 22.3. The van der Waals surface area contributed by atoms with Crippen molar-refractivity contribution in [1.29, 1.82) is 0 Å². The molecule has 3 nitrogen and oxygen atoms in total. The summed E-state index contributed by atoms with van der Waals surface area (Å²) in [6, 6.07) is 109. The topological polar surface area (TPSA) is 19.6 Å². The first kappa shape index (κ1) is 44.9. The average molecular weight is 959 g/mol. The SMILES string of the molecule is c1ccc(-c2ccc(N(c3ccc(-c4ccccc4)cc3)c3ccc(-c4ccc5oc6ccc(-c7ccc(N(c8ccc(-c9ccccc9)cc8)c8ccc(-c9ccccc9)cc8)cc7)cc6c5c4)cc3)cc2)cc1. The van der Waals surface area contributed by atoms with Crippen molar-refractivity contribution >= 4 is 56.1 Å². The number of fused-ring (bicyclic) bond motifs is 3. The van der Waals surface area contributed by atoms with Crippen molar-refractivity contribution in [2.75, 3.05) is 9.80 Å². The highest BCUT2D eigenvalue weighted by Gasteiger charge is 2.17. The maximum atomic E-state index is 6.46. The van der Waals surface area contributed by atoms with E-state index in [1.165, 1.54) is 44.5 Å². The molecule has 0 aliphatic rings. The first-order valence-electron chi connectivity index (χ1n) is 25.5. The summed E-state index contributed by atoms with van der Waals surface area (Å²) in [5, 5.41) is 2.18. The first-order valence-corrected chi connectivity index (χ1v) is 25.5. The van der Waals surface area contributed by atoms with Crippen LogP contribution in [0.4, 0.5) is 34.1 Å². The molecule has 0 atom stereocenters. The van der Waals surface area contributed by atoms with Gasteiger partial charge in [-0.1, -0.05) is 206 Å². The number of furan rings is 1. The Labute approximate surface area is 438 Å². The van der Waals surface area contributed by atoms with Crippen LogP contribution in [0, 0.1) is 0 Å². The summed E-state index contributed by atoms with van der Waals surface area (Å²) >= 11 is 0. The van der Waals surface area contributed by atoms with Crippen molar-refractivity contribution in [2.45, 2.75) is 0 Å². The smallest absolute Gasteiger partial charge is 0.135 e. The van der Waals surface area contributed by atoms with Crippen molar-refractivity contribution in [2.24, 2.45) is 0 Å². The maximum Gasteiger partial charge on any atom is 0.135 e. The fourth-order valence-electron chi connectivity index (χ4n) is 10.4. The summed E-state index contributed by atoms with van der Waals surface area (Å²) in [6.45, 7) is 0. The van der Waals surface area contributed by atoms with Crippen LogP contribution in [0.1, 0.15) is 0 Å². The van der Waals surface area contributed by atoms with Crippen LogP contribution in [-0.2, 0) is 0 Å². The first-order chi connectivity index (χ1) is 37.1. The fourth-order valence-corrected chi connectivity index (χ4v) is 10.4. The van der Waals surface area contributed by atoms with E-state index >= 15 is 0 Å². The van der Waals surface area contributed by atoms with Gasteiger partial charge in [0.15, 0.2) is 0 Å². The molecule has 0 radical (unpaired) electrons. The summed E-state index contributed by atoms with van der Waals surface area (Å²) in [5.74, 6) is 0. The van der Waals surface area contributed by atoms with Gasteiger partial charge in [-0.3, -0.25) is 0 Å². The van der Waals surface area contributed by atoms with Gasteiger partial charge in [0.2, 0.25) is 0 Å². The van der Waals surface area contributed by atoms with Gasteiger partial charge in [0.05, 0.1) is 0 Å². The van der Waals surface area contributed by atoms with E-state index in [2.05, 4.69) is 313 Å². The van der Waals surface area contributed by atoms with Gasteiger partial charge in [-0.15, -0.1) is 0 Å². The Morgan fingerprint density at radius 1 is 0.173 bits per heavy atom. The van der Waals surface area contributed by atoms with Crippen molar-refractivity contribution in [3.8, 4) is 66.8 Å². The summed E-state index contributed by atoms with van der Waals surface area (Å²) in [4.78, 5) is 4.66. The monoisotopic (exact) mass is 958 g/mol. The zero-order valence-electron chi connectivity index (χ0n) is 41.2. The minimum Gasteiger partial charge on any atom is -0.456 e. The highest BCUT2D eigenvalue weighted by Crippen LogP contribution is 2.41. The average Bonchev–Trinajstić information content (AvgIpc) is 3.87. The molecule has 75 heavy (non-hydrogen) atoms. The van der Waals surface area contributed by atoms with Gasteiger partial charge in [-0.05, 0) is 164 Å². The Kier molecular flexibility index (Phi) is 11.9. The molecule has 0 amide bonds. The van der Waals surface area contributed by atoms with Gasteiger partial charge in [0.1, 0.15) is 11.2 Å². The molecule has 354 valence electrons. The molecule has 12 aromatic carbocycles. The van der Waals surface area contributed by atoms with Crippen LogP contribution in [0.5, 0.6) is 0 Å². The molecule has 13 rings (SSSR count). The second-order valence-corrected chi connectivity index (χ2v) is 18.9. The minimum absolute atomic E-state index is 0.870. The number of anilines is 6. The van der Waals surface area contributed by atoms with Crippen molar-refractivity contribution in [1.82, 2.24) is 0 Å². The lowest BCUT2D eigenvalue weighted by Crippen LogP contribution is -2.09. The highest BCUT2D eigenvalue weighted by molar-refractivity contribution is 6.07. The standard InChI is InChI=1S/C72H50N2O/c1-5-13-51(14-6-1)55-21-35-63(36-22-55)73(64-37-23-56(24-38-64)52-15-7-2-8-16-52)67-43-29-59(30-44-67)61-33-47-71-69(49-61)70-50-62(34-48-72(70)75-71)60-31-45-68(46-32-60)74(65-39-25-57(26-40-65)53-17-9-3-10-18-53)66-41-27-58(28-42-66)54-19-11-4-12-20-54/h1-50H. The van der Waals surface area contributed by atoms with Gasteiger partial charge in [-0.25, -0.2) is 0 Å². The molecule has 0 spiro atoms. The second-order valence-electron chi connectivity index (χ2n) is 18.9. The quantitative estimate of drug-likeness (QED) is 0.122. The van der Waals surface area contributed by atoms with Gasteiger partial charge in [0.25, 0.3) is 0 Å². The number of nitrogens with zero attached hydrogens (tertiary/aromatic N) is 2. The number of rotatable bonds is 12. The third-order valence-corrected chi connectivity index (χ3v) is 14.3. The van der Waals surface area contributed by atoms with Crippen molar-refractivity contribution < 1.29 is 4.42 Å².